The van der Waals surface area contributed by atoms with Crippen molar-refractivity contribution in [2.45, 2.75) is 39.3 Å². The molecule has 1 aromatic carbocycles. The van der Waals surface area contributed by atoms with Crippen molar-refractivity contribution in [1.82, 2.24) is 10.2 Å². The Balaban J connectivity index is 1.87. The second-order valence-electron chi connectivity index (χ2n) is 5.96. The number of benzene rings is 1. The van der Waals surface area contributed by atoms with Gasteiger partial charge in [-0.1, -0.05) is 44.2 Å². The summed E-state index contributed by atoms with van der Waals surface area (Å²) in [7, 11) is 0. The average Bonchev–Trinajstić information content (AvgIpc) is 3.05. The van der Waals surface area contributed by atoms with E-state index >= 15 is 0 Å². The molecular weight excluding hydrogens is 280 g/mol. The molecule has 0 bridgehead atoms. The SMILES string of the molecule is CC(C)C(NC(=O)OCc1ccccc1)C(=O)N1CCCC1. The van der Waals surface area contributed by atoms with Crippen molar-refractivity contribution in [2.24, 2.45) is 5.92 Å². The molecule has 22 heavy (non-hydrogen) atoms. The number of nitrogens with one attached hydrogen (secondary N) is 1. The molecule has 1 saturated heterocycles. The molecule has 2 amide bonds. The van der Waals surface area contributed by atoms with Gasteiger partial charge in [-0.2, -0.15) is 0 Å². The smallest absolute Gasteiger partial charge is 0.408 e. The van der Waals surface area contributed by atoms with Crippen molar-refractivity contribution < 1.29 is 14.3 Å². The zero-order valence-electron chi connectivity index (χ0n) is 13.2. The number of rotatable bonds is 5. The maximum Gasteiger partial charge on any atom is 0.408 e. The molecule has 2 rings (SSSR count). The lowest BCUT2D eigenvalue weighted by Gasteiger charge is -2.26. The van der Waals surface area contributed by atoms with Crippen LogP contribution in [0.3, 0.4) is 0 Å². The molecule has 0 saturated carbocycles. The summed E-state index contributed by atoms with van der Waals surface area (Å²) in [5.41, 5.74) is 0.921. The van der Waals surface area contributed by atoms with Crippen LogP contribution in [0.4, 0.5) is 4.79 Å². The highest BCUT2D eigenvalue weighted by atomic mass is 16.5. The van der Waals surface area contributed by atoms with E-state index in [2.05, 4.69) is 5.32 Å². The molecule has 120 valence electrons. The summed E-state index contributed by atoms with van der Waals surface area (Å²) in [6.45, 7) is 5.62. The van der Waals surface area contributed by atoms with Crippen molar-refractivity contribution in [3.63, 3.8) is 0 Å². The third kappa shape index (κ3) is 4.48. The largest absolute Gasteiger partial charge is 0.445 e. The van der Waals surface area contributed by atoms with E-state index in [4.69, 9.17) is 4.74 Å². The van der Waals surface area contributed by atoms with Crippen LogP contribution in [0.5, 0.6) is 0 Å². The molecule has 1 fully saturated rings. The number of carbonyl (C=O) groups excluding carboxylic acids is 2. The highest BCUT2D eigenvalue weighted by molar-refractivity contribution is 5.86. The normalized spacial score (nSPS) is 15.7. The minimum atomic E-state index is -0.546. The Morgan fingerprint density at radius 3 is 2.41 bits per heavy atom. The minimum Gasteiger partial charge on any atom is -0.445 e. The van der Waals surface area contributed by atoms with E-state index in [0.717, 1.165) is 31.5 Å². The van der Waals surface area contributed by atoms with E-state index in [-0.39, 0.29) is 18.4 Å². The lowest BCUT2D eigenvalue weighted by Crippen LogP contribution is -2.50. The molecule has 5 nitrogen and oxygen atoms in total. The zero-order chi connectivity index (χ0) is 15.9. The summed E-state index contributed by atoms with van der Waals surface area (Å²) < 4.78 is 5.20. The van der Waals surface area contributed by atoms with Crippen molar-refractivity contribution in [3.8, 4) is 0 Å². The predicted molar refractivity (Wildman–Crippen MR) is 84.2 cm³/mol. The predicted octanol–water partition coefficient (Wildman–Crippen LogP) is 2.56. The Morgan fingerprint density at radius 1 is 1.18 bits per heavy atom. The fraction of sp³-hybridized carbons (Fsp3) is 0.529. The van der Waals surface area contributed by atoms with Crippen LogP contribution in [0.2, 0.25) is 0 Å². The number of likely N-dealkylation sites (tertiary alicyclic amines) is 1. The standard InChI is InChI=1S/C17H24N2O3/c1-13(2)15(16(20)19-10-6-7-11-19)18-17(21)22-12-14-8-4-3-5-9-14/h3-5,8-9,13,15H,6-7,10-12H2,1-2H3,(H,18,21). The molecule has 1 heterocycles. The summed E-state index contributed by atoms with van der Waals surface area (Å²) in [4.78, 5) is 26.2. The van der Waals surface area contributed by atoms with E-state index in [1.165, 1.54) is 0 Å². The van der Waals surface area contributed by atoms with Crippen molar-refractivity contribution in [2.75, 3.05) is 13.1 Å². The van der Waals surface area contributed by atoms with Gasteiger partial charge < -0.3 is 15.0 Å². The van der Waals surface area contributed by atoms with E-state index in [9.17, 15) is 9.59 Å². The minimum absolute atomic E-state index is 0.0100. The van der Waals surface area contributed by atoms with Gasteiger partial charge in [0.1, 0.15) is 12.6 Å². The third-order valence-corrected chi connectivity index (χ3v) is 3.84. The number of amides is 2. The molecule has 0 spiro atoms. The molecule has 1 unspecified atom stereocenters. The Morgan fingerprint density at radius 2 is 1.82 bits per heavy atom. The van der Waals surface area contributed by atoms with Crippen molar-refractivity contribution >= 4 is 12.0 Å². The number of hydrogen-bond acceptors (Lipinski definition) is 3. The van der Waals surface area contributed by atoms with Gasteiger partial charge in [-0.15, -0.1) is 0 Å². The first-order valence-electron chi connectivity index (χ1n) is 7.84. The van der Waals surface area contributed by atoms with Gasteiger partial charge in [0.05, 0.1) is 0 Å². The van der Waals surface area contributed by atoms with Gasteiger partial charge >= 0.3 is 6.09 Å². The van der Waals surface area contributed by atoms with Crippen LogP contribution in [0.1, 0.15) is 32.3 Å². The maximum absolute atomic E-state index is 12.5. The van der Waals surface area contributed by atoms with Gasteiger partial charge in [0.2, 0.25) is 5.91 Å². The van der Waals surface area contributed by atoms with Gasteiger partial charge in [-0.3, -0.25) is 4.79 Å². The highest BCUT2D eigenvalue weighted by Gasteiger charge is 2.30. The summed E-state index contributed by atoms with van der Waals surface area (Å²) in [5.74, 6) is 0.0153. The Bertz CT molecular complexity index is 496. The van der Waals surface area contributed by atoms with Crippen LogP contribution in [0.25, 0.3) is 0 Å². The lowest BCUT2D eigenvalue weighted by atomic mass is 10.0. The topological polar surface area (TPSA) is 58.6 Å². The van der Waals surface area contributed by atoms with Gasteiger partial charge in [0.15, 0.2) is 0 Å². The molecular formula is C17H24N2O3. The Labute approximate surface area is 131 Å². The lowest BCUT2D eigenvalue weighted by molar-refractivity contribution is -0.133. The quantitative estimate of drug-likeness (QED) is 0.909. The highest BCUT2D eigenvalue weighted by Crippen LogP contribution is 2.13. The zero-order valence-corrected chi connectivity index (χ0v) is 13.2. The number of alkyl carbamates (subject to hydrolysis) is 1. The van der Waals surface area contributed by atoms with Crippen LogP contribution in [-0.4, -0.2) is 36.0 Å². The van der Waals surface area contributed by atoms with Gasteiger partial charge in [0.25, 0.3) is 0 Å². The average molecular weight is 304 g/mol. The molecule has 1 aliphatic rings. The fourth-order valence-corrected chi connectivity index (χ4v) is 2.54. The van der Waals surface area contributed by atoms with Crippen molar-refractivity contribution in [3.05, 3.63) is 35.9 Å². The molecule has 0 radical (unpaired) electrons. The van der Waals surface area contributed by atoms with Gasteiger partial charge in [-0.25, -0.2) is 4.79 Å². The molecule has 1 N–H and O–H groups in total. The first-order chi connectivity index (χ1) is 10.6. The van der Waals surface area contributed by atoms with Crippen LogP contribution in [-0.2, 0) is 16.1 Å². The van der Waals surface area contributed by atoms with E-state index in [1.807, 2.05) is 49.1 Å². The van der Waals surface area contributed by atoms with Gasteiger partial charge in [-0.05, 0) is 24.3 Å². The number of hydrogen-bond donors (Lipinski definition) is 1. The summed E-state index contributed by atoms with van der Waals surface area (Å²) in [6.07, 6.45) is 1.53. The van der Waals surface area contributed by atoms with Crippen molar-refractivity contribution in [1.29, 1.82) is 0 Å². The molecule has 0 aliphatic carbocycles. The Kier molecular flexibility index (Phi) is 5.81. The summed E-state index contributed by atoms with van der Waals surface area (Å²) in [5, 5.41) is 2.71. The van der Waals surface area contributed by atoms with Crippen LogP contribution in [0.15, 0.2) is 30.3 Å². The van der Waals surface area contributed by atoms with Crippen LogP contribution in [0, 0.1) is 5.92 Å². The molecule has 5 heteroatoms. The summed E-state index contributed by atoms with van der Waals surface area (Å²) >= 11 is 0. The van der Waals surface area contributed by atoms with Crippen LogP contribution >= 0.6 is 0 Å². The summed E-state index contributed by atoms with van der Waals surface area (Å²) in [6, 6.07) is 8.95. The first-order valence-corrected chi connectivity index (χ1v) is 7.84. The maximum atomic E-state index is 12.5. The van der Waals surface area contributed by atoms with Gasteiger partial charge in [0, 0.05) is 13.1 Å². The van der Waals surface area contributed by atoms with Crippen LogP contribution < -0.4 is 5.32 Å². The first kappa shape index (κ1) is 16.3. The Hall–Kier alpha value is -2.04. The van der Waals surface area contributed by atoms with E-state index < -0.39 is 12.1 Å². The molecule has 0 aromatic heterocycles. The monoisotopic (exact) mass is 304 g/mol. The number of nitrogens with zero attached hydrogens (tertiary/aromatic N) is 1. The third-order valence-electron chi connectivity index (χ3n) is 3.84. The second kappa shape index (κ2) is 7.82. The number of ether oxygens (including phenoxy) is 1. The molecule has 1 atom stereocenters. The second-order valence-corrected chi connectivity index (χ2v) is 5.96. The molecule has 1 aromatic rings. The fourth-order valence-electron chi connectivity index (χ4n) is 2.54. The molecule has 1 aliphatic heterocycles. The van der Waals surface area contributed by atoms with E-state index in [1.54, 1.807) is 0 Å². The van der Waals surface area contributed by atoms with E-state index in [0.29, 0.717) is 0 Å². The number of carbonyl (C=O) groups is 2.